The molecule has 2 aromatic rings. The number of anilines is 1. The van der Waals surface area contributed by atoms with Crippen molar-refractivity contribution in [3.63, 3.8) is 0 Å². The number of hydrogen-bond donors (Lipinski definition) is 0. The Morgan fingerprint density at radius 3 is 2.79 bits per heavy atom. The summed E-state index contributed by atoms with van der Waals surface area (Å²) in [5, 5.41) is 10.3. The zero-order valence-corrected chi connectivity index (χ0v) is 24.9. The van der Waals surface area contributed by atoms with Gasteiger partial charge >= 0.3 is 6.01 Å². The second-order valence-corrected chi connectivity index (χ2v) is 12.5. The molecule has 4 aliphatic rings. The molecule has 0 saturated carbocycles. The number of fused-ring (bicyclic) bond motifs is 3. The number of benzene rings is 1. The van der Waals surface area contributed by atoms with Crippen LogP contribution in [0.4, 0.5) is 10.2 Å². The van der Waals surface area contributed by atoms with Crippen LogP contribution >= 0.6 is 11.6 Å². The molecule has 0 N–H and O–H groups in total. The lowest BCUT2D eigenvalue weighted by Crippen LogP contribution is -2.55. The number of hydrogen-bond acceptors (Lipinski definition) is 8. The fourth-order valence-corrected chi connectivity index (χ4v) is 7.51. The van der Waals surface area contributed by atoms with Crippen LogP contribution in [0.2, 0.25) is 5.02 Å². The number of carbonyl (C=O) groups excluding carboxylic acids is 1. The van der Waals surface area contributed by atoms with Crippen LogP contribution in [0.25, 0.3) is 0 Å². The van der Waals surface area contributed by atoms with E-state index in [0.29, 0.717) is 32.3 Å². The highest BCUT2D eigenvalue weighted by atomic mass is 35.5. The van der Waals surface area contributed by atoms with E-state index in [2.05, 4.69) is 28.5 Å². The predicted molar refractivity (Wildman–Crippen MR) is 156 cm³/mol. The lowest BCUT2D eigenvalue weighted by Gasteiger charge is -2.43. The molecular formula is C31H36ClFN6O3. The van der Waals surface area contributed by atoms with Gasteiger partial charge in [-0.25, -0.2) is 4.39 Å². The summed E-state index contributed by atoms with van der Waals surface area (Å²) in [5.74, 6) is -1.01. The molecule has 1 spiro atoms. The van der Waals surface area contributed by atoms with E-state index in [-0.39, 0.29) is 30.5 Å². The Bertz CT molecular complexity index is 1450. The quantitative estimate of drug-likeness (QED) is 0.468. The summed E-state index contributed by atoms with van der Waals surface area (Å²) in [6.07, 6.45) is 4.31. The fraction of sp³-hybridized carbons (Fsp3) is 0.548. The third-order valence-corrected chi connectivity index (χ3v) is 9.83. The molecule has 2 fully saturated rings. The van der Waals surface area contributed by atoms with Crippen molar-refractivity contribution in [2.45, 2.75) is 62.1 Å². The smallest absolute Gasteiger partial charge is 0.319 e. The highest BCUT2D eigenvalue weighted by molar-refractivity contribution is 6.31. The number of nitrogens with zero attached hydrogens (tertiary/aromatic N) is 6. The molecule has 4 atom stereocenters. The molecule has 0 unspecified atom stereocenters. The Morgan fingerprint density at radius 1 is 1.26 bits per heavy atom. The number of likely N-dealkylation sites (N-methyl/N-ethyl adjacent to an activating group) is 1. The van der Waals surface area contributed by atoms with Gasteiger partial charge < -0.3 is 24.2 Å². The van der Waals surface area contributed by atoms with Crippen molar-refractivity contribution in [1.82, 2.24) is 19.8 Å². The molecule has 2 aliphatic heterocycles. The SMILES string of the molecule is C=C(F)C(=O)N1CCN(c2nc(O[C@@H]3COC[C@H]3N(C)C)nc3c2CC[C@@]2(CCc4c(Cl)cccc42)C3)C[C@@H]1CC#N. The van der Waals surface area contributed by atoms with Gasteiger partial charge in [0.2, 0.25) is 0 Å². The van der Waals surface area contributed by atoms with Gasteiger partial charge in [-0.2, -0.15) is 15.2 Å². The lowest BCUT2D eigenvalue weighted by molar-refractivity contribution is -0.131. The van der Waals surface area contributed by atoms with Crippen molar-refractivity contribution in [1.29, 1.82) is 5.26 Å². The van der Waals surface area contributed by atoms with Gasteiger partial charge in [-0.3, -0.25) is 4.79 Å². The minimum Gasteiger partial charge on any atom is -0.456 e. The third kappa shape index (κ3) is 5.12. The van der Waals surface area contributed by atoms with Crippen molar-refractivity contribution >= 4 is 23.3 Å². The Kier molecular flexibility index (Phi) is 7.85. The van der Waals surface area contributed by atoms with E-state index in [4.69, 9.17) is 31.0 Å². The molecule has 11 heteroatoms. The zero-order valence-electron chi connectivity index (χ0n) is 24.1. The van der Waals surface area contributed by atoms with Crippen molar-refractivity contribution in [3.8, 4) is 12.1 Å². The Labute approximate surface area is 250 Å². The fourth-order valence-electron chi connectivity index (χ4n) is 7.24. The summed E-state index contributed by atoms with van der Waals surface area (Å²) in [6.45, 7) is 5.26. The van der Waals surface area contributed by atoms with E-state index < -0.39 is 17.8 Å². The van der Waals surface area contributed by atoms with Crippen molar-refractivity contribution in [2.75, 3.05) is 51.8 Å². The third-order valence-electron chi connectivity index (χ3n) is 9.48. The van der Waals surface area contributed by atoms with Gasteiger partial charge in [0.25, 0.3) is 5.91 Å². The lowest BCUT2D eigenvalue weighted by atomic mass is 9.69. The Balaban J connectivity index is 1.37. The van der Waals surface area contributed by atoms with Crippen LogP contribution in [-0.4, -0.2) is 90.8 Å². The van der Waals surface area contributed by atoms with E-state index in [0.717, 1.165) is 54.2 Å². The number of carbonyl (C=O) groups is 1. The number of piperazine rings is 1. The summed E-state index contributed by atoms with van der Waals surface area (Å²) in [7, 11) is 4.01. The van der Waals surface area contributed by atoms with E-state index in [1.807, 2.05) is 26.2 Å². The first-order chi connectivity index (χ1) is 20.2. The van der Waals surface area contributed by atoms with Crippen LogP contribution in [0, 0.1) is 11.3 Å². The van der Waals surface area contributed by atoms with Gasteiger partial charge in [-0.05, 0) is 63.4 Å². The number of aromatic nitrogens is 2. The summed E-state index contributed by atoms with van der Waals surface area (Å²) in [4.78, 5) is 28.1. The molecule has 2 saturated heterocycles. The van der Waals surface area contributed by atoms with Gasteiger partial charge in [0, 0.05) is 35.6 Å². The second-order valence-electron chi connectivity index (χ2n) is 12.1. The molecule has 6 rings (SSSR count). The first kappa shape index (κ1) is 28.8. The van der Waals surface area contributed by atoms with Crippen LogP contribution in [0.1, 0.15) is 41.6 Å². The second kappa shape index (κ2) is 11.4. The molecule has 222 valence electrons. The minimum atomic E-state index is -1.02. The highest BCUT2D eigenvalue weighted by Crippen LogP contribution is 2.50. The Hall–Kier alpha value is -3.26. The first-order valence-electron chi connectivity index (χ1n) is 14.6. The van der Waals surface area contributed by atoms with Crippen LogP contribution in [0.15, 0.2) is 30.6 Å². The van der Waals surface area contributed by atoms with Gasteiger partial charge in [0.15, 0.2) is 5.83 Å². The maximum Gasteiger partial charge on any atom is 0.319 e. The van der Waals surface area contributed by atoms with Crippen molar-refractivity contribution < 1.29 is 18.7 Å². The summed E-state index contributed by atoms with van der Waals surface area (Å²) >= 11 is 6.60. The average molecular weight is 595 g/mol. The number of rotatable bonds is 6. The van der Waals surface area contributed by atoms with Crippen LogP contribution in [0.5, 0.6) is 6.01 Å². The zero-order chi connectivity index (χ0) is 29.6. The molecule has 42 heavy (non-hydrogen) atoms. The standard InChI is InChI=1S/C31H36ClFN6O3/c1-19(33)29(40)39-14-13-38(16-20(39)9-12-34)28-22-8-11-31(10-7-21-23(31)5-4-6-24(21)32)15-25(22)35-30(36-28)42-27-18-41-17-26(27)37(2)3/h4-6,20,26-27H,1,7-11,13-18H2,2-3H3/t20-,26+,27+,31-/m0/s1. The molecule has 0 bridgehead atoms. The normalized spacial score (nSPS) is 26.7. The molecule has 3 heterocycles. The summed E-state index contributed by atoms with van der Waals surface area (Å²) in [6, 6.07) is 8.26. The van der Waals surface area contributed by atoms with E-state index in [9.17, 15) is 14.4 Å². The first-order valence-corrected chi connectivity index (χ1v) is 14.9. The molecule has 1 amide bonds. The van der Waals surface area contributed by atoms with Gasteiger partial charge in [0.1, 0.15) is 11.9 Å². The monoisotopic (exact) mass is 594 g/mol. The molecule has 9 nitrogen and oxygen atoms in total. The van der Waals surface area contributed by atoms with E-state index in [1.54, 1.807) is 0 Å². The van der Waals surface area contributed by atoms with Crippen LogP contribution in [0.3, 0.4) is 0 Å². The molecule has 2 aliphatic carbocycles. The predicted octanol–water partition coefficient (Wildman–Crippen LogP) is 3.62. The molecule has 1 aromatic carbocycles. The maximum absolute atomic E-state index is 13.8. The van der Waals surface area contributed by atoms with E-state index >= 15 is 0 Å². The topological polar surface area (TPSA) is 94.8 Å². The van der Waals surface area contributed by atoms with Crippen LogP contribution in [-0.2, 0) is 34.2 Å². The Morgan fingerprint density at radius 2 is 2.05 bits per heavy atom. The molecule has 0 radical (unpaired) electrons. The minimum absolute atomic E-state index is 0.0469. The number of ether oxygens (including phenoxy) is 2. The number of halogens is 2. The maximum atomic E-state index is 13.8. The van der Waals surface area contributed by atoms with E-state index in [1.165, 1.54) is 16.0 Å². The van der Waals surface area contributed by atoms with Gasteiger partial charge in [-0.15, -0.1) is 0 Å². The molecule has 1 aromatic heterocycles. The number of nitriles is 1. The van der Waals surface area contributed by atoms with Gasteiger partial charge in [0.05, 0.1) is 43.5 Å². The highest BCUT2D eigenvalue weighted by Gasteiger charge is 2.44. The average Bonchev–Trinajstić information content (AvgIpc) is 3.58. The van der Waals surface area contributed by atoms with Crippen molar-refractivity contribution in [2.24, 2.45) is 0 Å². The molecular weight excluding hydrogens is 559 g/mol. The van der Waals surface area contributed by atoms with Gasteiger partial charge in [-0.1, -0.05) is 30.3 Å². The van der Waals surface area contributed by atoms with Crippen LogP contribution < -0.4 is 9.64 Å². The summed E-state index contributed by atoms with van der Waals surface area (Å²) in [5.41, 5.74) is 4.53. The number of amides is 1. The largest absolute Gasteiger partial charge is 0.456 e. The van der Waals surface area contributed by atoms with Crippen molar-refractivity contribution in [3.05, 3.63) is 58.0 Å². The summed E-state index contributed by atoms with van der Waals surface area (Å²) < 4.78 is 26.0.